The number of hydrogen-bond donors (Lipinski definition) is 10. The summed E-state index contributed by atoms with van der Waals surface area (Å²) in [6.07, 6.45) is 0.0447. The highest BCUT2D eigenvalue weighted by atomic mass is 16.4. The molecule has 0 heterocycles. The van der Waals surface area contributed by atoms with Gasteiger partial charge in [-0.1, -0.05) is 27.2 Å². The van der Waals surface area contributed by atoms with E-state index < -0.39 is 90.6 Å². The number of likely N-dealkylation sites (N-methyl/N-ethyl adjacent to an activating group) is 1. The minimum Gasteiger partial charge on any atom is -0.481 e. The largest absolute Gasteiger partial charge is 0.481 e. The number of aliphatic hydroxyl groups excluding tert-OH is 1. The molecule has 51 heavy (non-hydrogen) atoms. The molecule has 3 amide bonds. The lowest BCUT2D eigenvalue weighted by atomic mass is 9.85. The predicted octanol–water partition coefficient (Wildman–Crippen LogP) is -2.60. The number of amides is 3. The van der Waals surface area contributed by atoms with Gasteiger partial charge in [0.1, 0.15) is 6.04 Å². The number of rotatable bonds is 28. The molecular formula is C32H58N10O9. The molecule has 0 aromatic heterocycles. The highest BCUT2D eigenvalue weighted by Crippen LogP contribution is 2.21. The van der Waals surface area contributed by atoms with Crippen molar-refractivity contribution in [3.05, 3.63) is 0 Å². The minimum absolute atomic E-state index is 0.0763. The van der Waals surface area contributed by atoms with Crippen LogP contribution in [0.1, 0.15) is 78.6 Å². The van der Waals surface area contributed by atoms with Gasteiger partial charge in [0.2, 0.25) is 17.7 Å². The van der Waals surface area contributed by atoms with Crippen molar-refractivity contribution < 1.29 is 43.8 Å². The van der Waals surface area contributed by atoms with Gasteiger partial charge in [-0.25, -0.2) is 0 Å². The number of nitrogens with two attached hydrogens (primary N) is 5. The molecular weight excluding hydrogens is 668 g/mol. The van der Waals surface area contributed by atoms with Gasteiger partial charge >= 0.3 is 5.97 Å². The lowest BCUT2D eigenvalue weighted by Gasteiger charge is -2.24. The molecule has 1 unspecified atom stereocenters. The van der Waals surface area contributed by atoms with Crippen LogP contribution < -0.4 is 44.6 Å². The summed E-state index contributed by atoms with van der Waals surface area (Å²) in [7, 11) is 1.60. The number of ketones is 3. The number of carboxylic acids is 1. The Hall–Kier alpha value is -4.65. The maximum atomic E-state index is 13.4. The average Bonchev–Trinajstić information content (AvgIpc) is 3.05. The van der Waals surface area contributed by atoms with E-state index in [0.717, 1.165) is 0 Å². The van der Waals surface area contributed by atoms with E-state index in [0.29, 0.717) is 32.2 Å². The number of guanidine groups is 2. The summed E-state index contributed by atoms with van der Waals surface area (Å²) in [5, 5.41) is 27.1. The zero-order valence-corrected chi connectivity index (χ0v) is 30.1. The van der Waals surface area contributed by atoms with E-state index in [1.54, 1.807) is 20.9 Å². The molecule has 0 spiro atoms. The van der Waals surface area contributed by atoms with Crippen LogP contribution in [-0.4, -0.2) is 108 Å². The van der Waals surface area contributed by atoms with E-state index in [-0.39, 0.29) is 49.4 Å². The summed E-state index contributed by atoms with van der Waals surface area (Å²) in [6, 6.07) is -3.54. The first-order chi connectivity index (χ1) is 23.9. The number of nitrogens with one attached hydrogen (secondary N) is 3. The smallest absolute Gasteiger partial charge is 0.305 e. The summed E-state index contributed by atoms with van der Waals surface area (Å²) in [5.41, 5.74) is 26.9. The van der Waals surface area contributed by atoms with Gasteiger partial charge in [-0.2, -0.15) is 0 Å². The Balaban J connectivity index is 5.72. The van der Waals surface area contributed by atoms with Crippen molar-refractivity contribution in [2.24, 2.45) is 62.3 Å². The molecule has 0 aromatic carbocycles. The van der Waals surface area contributed by atoms with E-state index >= 15 is 0 Å². The van der Waals surface area contributed by atoms with E-state index in [1.807, 2.05) is 0 Å². The van der Waals surface area contributed by atoms with Crippen molar-refractivity contribution >= 4 is 53.0 Å². The van der Waals surface area contributed by atoms with Crippen molar-refractivity contribution in [3.8, 4) is 0 Å². The van der Waals surface area contributed by atoms with E-state index in [1.165, 1.54) is 6.92 Å². The van der Waals surface area contributed by atoms with Crippen LogP contribution in [0.3, 0.4) is 0 Å². The number of carbonyl (C=O) groups is 7. The number of primary amides is 1. The van der Waals surface area contributed by atoms with Crippen LogP contribution in [0.4, 0.5) is 0 Å². The summed E-state index contributed by atoms with van der Waals surface area (Å²) >= 11 is 0. The Morgan fingerprint density at radius 2 is 1.20 bits per heavy atom. The van der Waals surface area contributed by atoms with Crippen LogP contribution in [0.5, 0.6) is 0 Å². The molecule has 290 valence electrons. The number of Topliss-reactive ketones (excluding diaryl/α,β-unsaturated/α-hetero) is 3. The fourth-order valence-corrected chi connectivity index (χ4v) is 5.24. The first-order valence-corrected chi connectivity index (χ1v) is 17.0. The van der Waals surface area contributed by atoms with Gasteiger partial charge in [0, 0.05) is 50.1 Å². The van der Waals surface area contributed by atoms with Crippen LogP contribution in [0.15, 0.2) is 9.98 Å². The molecule has 0 saturated carbocycles. The van der Waals surface area contributed by atoms with Crippen molar-refractivity contribution in [1.29, 1.82) is 0 Å². The molecule has 0 saturated heterocycles. The first kappa shape index (κ1) is 46.4. The predicted molar refractivity (Wildman–Crippen MR) is 190 cm³/mol. The Morgan fingerprint density at radius 1 is 0.686 bits per heavy atom. The molecule has 0 aliphatic heterocycles. The van der Waals surface area contributed by atoms with Crippen LogP contribution in [0, 0.1) is 23.7 Å². The molecule has 0 aliphatic rings. The first-order valence-electron chi connectivity index (χ1n) is 17.0. The van der Waals surface area contributed by atoms with E-state index in [2.05, 4.69) is 25.9 Å². The summed E-state index contributed by atoms with van der Waals surface area (Å²) in [6.45, 7) is 4.54. The number of aliphatic imine (C=N–C) groups is 2. The number of aliphatic hydroxyl groups is 1. The van der Waals surface area contributed by atoms with E-state index in [9.17, 15) is 43.8 Å². The van der Waals surface area contributed by atoms with Crippen molar-refractivity contribution in [1.82, 2.24) is 16.0 Å². The number of carboxylic acid groups (broad SMARTS) is 1. The van der Waals surface area contributed by atoms with Crippen LogP contribution in [-0.2, 0) is 33.6 Å². The van der Waals surface area contributed by atoms with Crippen molar-refractivity contribution in [3.63, 3.8) is 0 Å². The van der Waals surface area contributed by atoms with Gasteiger partial charge in [0.25, 0.3) is 0 Å². The fourth-order valence-electron chi connectivity index (χ4n) is 5.24. The highest BCUT2D eigenvalue weighted by Gasteiger charge is 2.33. The maximum Gasteiger partial charge on any atom is 0.305 e. The zero-order valence-electron chi connectivity index (χ0n) is 30.1. The van der Waals surface area contributed by atoms with Gasteiger partial charge in [-0.05, 0) is 38.6 Å². The zero-order chi connectivity index (χ0) is 39.3. The minimum atomic E-state index is -1.49. The second-order valence-electron chi connectivity index (χ2n) is 12.6. The van der Waals surface area contributed by atoms with Crippen LogP contribution >= 0.6 is 0 Å². The average molecular weight is 727 g/mol. The van der Waals surface area contributed by atoms with Gasteiger partial charge in [-0.3, -0.25) is 43.5 Å². The Bertz CT molecular complexity index is 1250. The standard InChI is InChI=1S/C32H58N10O9/c1-5-17(2)20(28(33)49)14-26(46)22(15-27(47)48)41-29(50)18(3)12-24(44)23(16-43)42-30(51)19(8-6-10-39-31(34)35)13-25(45)21(38-4)9-7-11-40-32(36)37/h17-23,38,43H,5-16H2,1-4H3,(H2,33,49)(H,41,50)(H,42,51)(H,47,48)(H4,34,35,39)(H4,36,37,40)/t17-,18+,19?,20-,21-,22-,23-/m0/s1. The third-order valence-corrected chi connectivity index (χ3v) is 8.55. The number of carbonyl (C=O) groups excluding carboxylic acids is 6. The summed E-state index contributed by atoms with van der Waals surface area (Å²) in [4.78, 5) is 96.9. The number of aliphatic carboxylic acids is 1. The van der Waals surface area contributed by atoms with Crippen LogP contribution in [0.2, 0.25) is 0 Å². The third-order valence-electron chi connectivity index (χ3n) is 8.55. The Morgan fingerprint density at radius 3 is 1.67 bits per heavy atom. The Kier molecular flexibility index (Phi) is 22.3. The Labute approximate surface area is 298 Å². The van der Waals surface area contributed by atoms with Gasteiger partial charge < -0.3 is 54.8 Å². The molecule has 0 bridgehead atoms. The van der Waals surface area contributed by atoms with Crippen molar-refractivity contribution in [2.45, 2.75) is 96.7 Å². The van der Waals surface area contributed by atoms with E-state index in [4.69, 9.17) is 28.7 Å². The number of nitrogens with zero attached hydrogens (tertiary/aromatic N) is 2. The number of hydrogen-bond acceptors (Lipinski definition) is 11. The second kappa shape index (κ2) is 24.5. The highest BCUT2D eigenvalue weighted by molar-refractivity contribution is 5.97. The normalized spacial score (nSPS) is 15.1. The fraction of sp³-hybridized carbons (Fsp3) is 0.719. The van der Waals surface area contributed by atoms with Crippen LogP contribution in [0.25, 0.3) is 0 Å². The monoisotopic (exact) mass is 726 g/mol. The molecule has 19 nitrogen and oxygen atoms in total. The van der Waals surface area contributed by atoms with Gasteiger partial charge in [-0.15, -0.1) is 0 Å². The SMILES string of the molecule is CC[C@H](C)[C@H](CC(=O)[C@H](CC(=O)O)NC(=O)[C@H](C)CC(=O)[C@H](CO)NC(=O)C(CCCN=C(N)N)CC(=O)[C@H](CCCN=C(N)N)NC)C(N)=O. The van der Waals surface area contributed by atoms with Gasteiger partial charge in [0.15, 0.2) is 29.3 Å². The molecule has 0 radical (unpaired) electrons. The molecule has 0 rings (SSSR count). The van der Waals surface area contributed by atoms with Gasteiger partial charge in [0.05, 0.1) is 25.1 Å². The molecule has 0 aromatic rings. The maximum absolute atomic E-state index is 13.4. The topological polar surface area (TPSA) is 351 Å². The molecule has 19 heteroatoms. The molecule has 0 aliphatic carbocycles. The lowest BCUT2D eigenvalue weighted by molar-refractivity contribution is -0.141. The molecule has 15 N–H and O–H groups in total. The molecule has 7 atom stereocenters. The lowest BCUT2D eigenvalue weighted by Crippen LogP contribution is -2.49. The quantitative estimate of drug-likeness (QED) is 0.0225. The summed E-state index contributed by atoms with van der Waals surface area (Å²) in [5.74, 6) is -8.72. The third kappa shape index (κ3) is 18.8. The second-order valence-corrected chi connectivity index (χ2v) is 12.6. The van der Waals surface area contributed by atoms with Crippen molar-refractivity contribution in [2.75, 3.05) is 26.7 Å². The molecule has 0 fully saturated rings. The summed E-state index contributed by atoms with van der Waals surface area (Å²) < 4.78 is 0.